The first-order valence-electron chi connectivity index (χ1n) is 32.7. The molecule has 2 unspecified atom stereocenters. The third-order valence-corrected chi connectivity index (χ3v) is 14.5. The highest BCUT2D eigenvalue weighted by molar-refractivity contribution is 5.76. The summed E-state index contributed by atoms with van der Waals surface area (Å²) >= 11 is 0. The number of aliphatic hydroxyl groups excluding tert-OH is 2. The van der Waals surface area contributed by atoms with Gasteiger partial charge in [0.05, 0.1) is 18.8 Å². The molecule has 0 aliphatic heterocycles. The smallest absolute Gasteiger partial charge is 0.220 e. The molecule has 0 heterocycles. The Morgan fingerprint density at radius 2 is 0.579 bits per heavy atom. The van der Waals surface area contributed by atoms with Gasteiger partial charge in [-0.05, 0) is 89.9 Å². The van der Waals surface area contributed by atoms with Gasteiger partial charge in [-0.25, -0.2) is 0 Å². The number of aliphatic hydroxyl groups is 2. The molecule has 0 aliphatic rings. The van der Waals surface area contributed by atoms with Crippen LogP contribution in [0.25, 0.3) is 0 Å². The van der Waals surface area contributed by atoms with Crippen LogP contribution in [0.1, 0.15) is 309 Å². The highest BCUT2D eigenvalue weighted by atomic mass is 16.3. The van der Waals surface area contributed by atoms with Crippen LogP contribution >= 0.6 is 0 Å². The highest BCUT2D eigenvalue weighted by Crippen LogP contribution is 2.17. The van der Waals surface area contributed by atoms with Crippen molar-refractivity contribution < 1.29 is 15.0 Å². The van der Waals surface area contributed by atoms with E-state index >= 15 is 0 Å². The minimum Gasteiger partial charge on any atom is -0.394 e. The van der Waals surface area contributed by atoms with Crippen molar-refractivity contribution in [2.45, 2.75) is 321 Å². The lowest BCUT2D eigenvalue weighted by Gasteiger charge is -2.20. The van der Waals surface area contributed by atoms with Gasteiger partial charge < -0.3 is 15.5 Å². The Bertz CT molecular complexity index is 1470. The number of nitrogens with one attached hydrogen (secondary N) is 1. The maximum atomic E-state index is 12.5. The van der Waals surface area contributed by atoms with E-state index in [2.05, 4.69) is 129 Å². The Morgan fingerprint density at radius 3 is 0.868 bits per heavy atom. The van der Waals surface area contributed by atoms with Crippen molar-refractivity contribution >= 4 is 5.91 Å². The fourth-order valence-electron chi connectivity index (χ4n) is 9.53. The summed E-state index contributed by atoms with van der Waals surface area (Å²) in [5.74, 6) is -0.0685. The fraction of sp³-hybridized carbons (Fsp3) is 0.708. The van der Waals surface area contributed by atoms with Gasteiger partial charge in [0, 0.05) is 6.42 Å². The highest BCUT2D eigenvalue weighted by Gasteiger charge is 2.18. The number of hydrogen-bond acceptors (Lipinski definition) is 3. The Morgan fingerprint density at radius 1 is 0.329 bits per heavy atom. The maximum Gasteiger partial charge on any atom is 0.220 e. The summed E-state index contributed by atoms with van der Waals surface area (Å²) < 4.78 is 0. The Labute approximate surface area is 473 Å². The molecule has 4 heteroatoms. The standard InChI is InChI=1S/C72H125NO3/c1-3-5-7-9-11-13-15-17-19-21-23-25-27-29-30-31-32-33-34-35-36-37-38-39-40-41-42-44-46-48-50-52-54-56-58-60-62-64-66-68-72(76)73-70(69-74)71(75)67-65-63-61-59-57-55-53-51-49-47-45-43-28-26-24-22-20-18-16-14-12-10-8-6-4-2/h5,7,11,13,17,19,23,25,29-30,32-33,35-36,38-39,41-42,65,67,70-71,74-75H,3-4,6,8-10,12,14-16,18,20-22,24,26-28,31,34,37,40,43-64,66,68-69H2,1-2H3,(H,73,76)/b7-5-,13-11-,19-17-,25-23-,30-29-,33-32-,36-35-,39-38-,42-41-,67-65+. The molecule has 0 aromatic rings. The summed E-state index contributed by atoms with van der Waals surface area (Å²) in [5, 5.41) is 23.3. The van der Waals surface area contributed by atoms with E-state index in [1.54, 1.807) is 6.08 Å². The average molecular weight is 1050 g/mol. The molecule has 0 saturated carbocycles. The first-order chi connectivity index (χ1) is 37.7. The minimum absolute atomic E-state index is 0.0685. The number of amides is 1. The number of allylic oxidation sites excluding steroid dienone is 19. The van der Waals surface area contributed by atoms with Gasteiger partial charge >= 0.3 is 0 Å². The number of carbonyl (C=O) groups excluding carboxylic acids is 1. The quantitative estimate of drug-likeness (QED) is 0.0420. The molecule has 0 saturated heterocycles. The van der Waals surface area contributed by atoms with E-state index in [9.17, 15) is 15.0 Å². The van der Waals surface area contributed by atoms with E-state index in [-0.39, 0.29) is 12.5 Å². The van der Waals surface area contributed by atoms with Crippen LogP contribution in [0.4, 0.5) is 0 Å². The zero-order chi connectivity index (χ0) is 54.8. The molecule has 436 valence electrons. The van der Waals surface area contributed by atoms with Crippen molar-refractivity contribution in [3.05, 3.63) is 122 Å². The van der Waals surface area contributed by atoms with Crippen LogP contribution in [0.2, 0.25) is 0 Å². The molecule has 0 aliphatic carbocycles. The summed E-state index contributed by atoms with van der Waals surface area (Å²) in [6.07, 6.45) is 101. The zero-order valence-corrected chi connectivity index (χ0v) is 50.2. The molecule has 76 heavy (non-hydrogen) atoms. The number of unbranched alkanes of at least 4 members (excludes halogenated alkanes) is 34. The molecule has 0 spiro atoms. The average Bonchev–Trinajstić information content (AvgIpc) is 3.42. The van der Waals surface area contributed by atoms with E-state index < -0.39 is 12.1 Å². The van der Waals surface area contributed by atoms with E-state index in [1.165, 1.54) is 205 Å². The molecule has 1 amide bonds. The zero-order valence-electron chi connectivity index (χ0n) is 50.2. The van der Waals surface area contributed by atoms with Crippen LogP contribution < -0.4 is 5.32 Å². The predicted molar refractivity (Wildman–Crippen MR) is 340 cm³/mol. The van der Waals surface area contributed by atoms with Crippen LogP contribution in [0.5, 0.6) is 0 Å². The molecule has 0 fully saturated rings. The minimum atomic E-state index is -0.849. The van der Waals surface area contributed by atoms with Crippen LogP contribution in [0.3, 0.4) is 0 Å². The molecule has 3 N–H and O–H groups in total. The summed E-state index contributed by atoms with van der Waals surface area (Å²) in [6.45, 7) is 4.21. The number of carbonyl (C=O) groups is 1. The second kappa shape index (κ2) is 66.1. The summed E-state index contributed by atoms with van der Waals surface area (Å²) in [4.78, 5) is 12.5. The predicted octanol–water partition coefficient (Wildman–Crippen LogP) is 22.4. The topological polar surface area (TPSA) is 69.6 Å². The summed E-state index contributed by atoms with van der Waals surface area (Å²) in [6, 6.07) is -0.633. The molecule has 0 aromatic heterocycles. The van der Waals surface area contributed by atoms with Crippen LogP contribution in [-0.2, 0) is 4.79 Å². The van der Waals surface area contributed by atoms with Gasteiger partial charge in [-0.3, -0.25) is 4.79 Å². The third kappa shape index (κ3) is 61.6. The SMILES string of the molecule is CC/C=C\C/C=C\C/C=C\C/C=C\C/C=C\C/C=C\C/C=C\C/C=C\C/C=C\CCCCCCCCCCCCCC(=O)NC(CO)C(O)/C=C/CCCCCCCCCCCCCCCCCCCCCCCCC. The second-order valence-electron chi connectivity index (χ2n) is 21.8. The van der Waals surface area contributed by atoms with Gasteiger partial charge in [-0.2, -0.15) is 0 Å². The van der Waals surface area contributed by atoms with Gasteiger partial charge in [0.2, 0.25) is 5.91 Å². The Balaban J connectivity index is 3.56. The molecule has 2 atom stereocenters. The lowest BCUT2D eigenvalue weighted by Crippen LogP contribution is -2.45. The van der Waals surface area contributed by atoms with Gasteiger partial charge in [-0.1, -0.05) is 334 Å². The van der Waals surface area contributed by atoms with Crippen LogP contribution in [0, 0.1) is 0 Å². The van der Waals surface area contributed by atoms with E-state index in [0.29, 0.717) is 6.42 Å². The number of rotatable bonds is 59. The molecule has 4 nitrogen and oxygen atoms in total. The van der Waals surface area contributed by atoms with Crippen molar-refractivity contribution in [1.29, 1.82) is 0 Å². The third-order valence-electron chi connectivity index (χ3n) is 14.5. The lowest BCUT2D eigenvalue weighted by atomic mass is 10.0. The molecular formula is C72H125NO3. The largest absolute Gasteiger partial charge is 0.394 e. The van der Waals surface area contributed by atoms with Crippen molar-refractivity contribution in [2.24, 2.45) is 0 Å². The summed E-state index contributed by atoms with van der Waals surface area (Å²) in [5.41, 5.74) is 0. The van der Waals surface area contributed by atoms with E-state index in [0.717, 1.165) is 83.5 Å². The van der Waals surface area contributed by atoms with Crippen molar-refractivity contribution in [3.63, 3.8) is 0 Å². The molecule has 0 rings (SSSR count). The maximum absolute atomic E-state index is 12.5. The monoisotopic (exact) mass is 1050 g/mol. The van der Waals surface area contributed by atoms with E-state index in [1.807, 2.05) is 6.08 Å². The van der Waals surface area contributed by atoms with Gasteiger partial charge in [0.25, 0.3) is 0 Å². The normalized spacial score (nSPS) is 13.6. The molecule has 0 radical (unpaired) electrons. The molecule has 0 bridgehead atoms. The Hall–Kier alpha value is -3.21. The van der Waals surface area contributed by atoms with Gasteiger partial charge in [0.1, 0.15) is 0 Å². The van der Waals surface area contributed by atoms with Crippen molar-refractivity contribution in [2.75, 3.05) is 6.61 Å². The fourth-order valence-corrected chi connectivity index (χ4v) is 9.53. The van der Waals surface area contributed by atoms with Crippen LogP contribution in [0.15, 0.2) is 122 Å². The van der Waals surface area contributed by atoms with Crippen molar-refractivity contribution in [3.8, 4) is 0 Å². The second-order valence-corrected chi connectivity index (χ2v) is 21.8. The first-order valence-corrected chi connectivity index (χ1v) is 32.7. The van der Waals surface area contributed by atoms with Crippen LogP contribution in [-0.4, -0.2) is 34.9 Å². The van der Waals surface area contributed by atoms with Crippen molar-refractivity contribution in [1.82, 2.24) is 5.32 Å². The Kier molecular flexibility index (Phi) is 63.3. The number of hydrogen-bond donors (Lipinski definition) is 3. The molecule has 0 aromatic carbocycles. The first kappa shape index (κ1) is 72.8. The molecular weight excluding hydrogens is 927 g/mol. The summed E-state index contributed by atoms with van der Waals surface area (Å²) in [7, 11) is 0. The van der Waals surface area contributed by atoms with Gasteiger partial charge in [-0.15, -0.1) is 0 Å². The lowest BCUT2D eigenvalue weighted by molar-refractivity contribution is -0.123. The van der Waals surface area contributed by atoms with E-state index in [4.69, 9.17) is 0 Å². The van der Waals surface area contributed by atoms with Gasteiger partial charge in [0.15, 0.2) is 0 Å².